The number of piperazine rings is 1. The van der Waals surface area contributed by atoms with E-state index < -0.39 is 0 Å². The van der Waals surface area contributed by atoms with Gasteiger partial charge in [0.1, 0.15) is 5.75 Å². The first kappa shape index (κ1) is 22.0. The number of likely N-dealkylation sites (tertiary alicyclic amines) is 1. The quantitative estimate of drug-likeness (QED) is 0.641. The molecule has 5 nitrogen and oxygen atoms in total. The van der Waals surface area contributed by atoms with E-state index in [4.69, 9.17) is 4.74 Å². The van der Waals surface area contributed by atoms with Gasteiger partial charge in [0.15, 0.2) is 0 Å². The number of carbonyl (C=O) groups is 1. The van der Waals surface area contributed by atoms with Crippen LogP contribution in [0.5, 0.6) is 5.75 Å². The number of rotatable bonds is 6. The van der Waals surface area contributed by atoms with Crippen molar-refractivity contribution < 1.29 is 9.53 Å². The maximum atomic E-state index is 12.9. The Balaban J connectivity index is 1.31. The zero-order chi connectivity index (χ0) is 21.6. The molecule has 2 heterocycles. The molecule has 0 radical (unpaired) electrons. The standard InChI is InChI=1S/C25H33N3O2S/c1-30-24-8-4-3-7-23(24)27-16-14-26(15-17-27)21-6-5-13-28(19-21)25(29)18-20-9-11-22(31-2)12-10-20/h3-4,7-12,21H,5-6,13-19H2,1-2H3/t21-/m1/s1. The monoisotopic (exact) mass is 439 g/mol. The minimum absolute atomic E-state index is 0.259. The van der Waals surface area contributed by atoms with Gasteiger partial charge in [0.25, 0.3) is 0 Å². The van der Waals surface area contributed by atoms with Gasteiger partial charge in [0, 0.05) is 50.2 Å². The van der Waals surface area contributed by atoms with Gasteiger partial charge in [0.05, 0.1) is 19.2 Å². The molecule has 2 fully saturated rings. The molecule has 1 amide bonds. The van der Waals surface area contributed by atoms with Crippen molar-refractivity contribution >= 4 is 23.4 Å². The van der Waals surface area contributed by atoms with E-state index in [1.165, 1.54) is 17.0 Å². The Kier molecular flexibility index (Phi) is 7.41. The Hall–Kier alpha value is -2.18. The zero-order valence-electron chi connectivity index (χ0n) is 18.6. The van der Waals surface area contributed by atoms with Gasteiger partial charge in [-0.1, -0.05) is 24.3 Å². The Bertz CT molecular complexity index is 865. The lowest BCUT2D eigenvalue weighted by atomic mass is 10.0. The number of methoxy groups -OCH3 is 1. The van der Waals surface area contributed by atoms with Crippen LogP contribution in [-0.4, -0.2) is 74.4 Å². The molecule has 31 heavy (non-hydrogen) atoms. The molecule has 0 unspecified atom stereocenters. The number of piperidine rings is 1. The number of para-hydroxylation sites is 2. The van der Waals surface area contributed by atoms with Crippen molar-refractivity contribution in [3.63, 3.8) is 0 Å². The summed E-state index contributed by atoms with van der Waals surface area (Å²) in [6.45, 7) is 5.79. The third-order valence-electron chi connectivity index (χ3n) is 6.52. The molecular weight excluding hydrogens is 406 g/mol. The van der Waals surface area contributed by atoms with Gasteiger partial charge in [-0.05, 0) is 48.9 Å². The summed E-state index contributed by atoms with van der Waals surface area (Å²) in [5.41, 5.74) is 2.29. The van der Waals surface area contributed by atoms with Crippen molar-refractivity contribution in [2.24, 2.45) is 0 Å². The van der Waals surface area contributed by atoms with Crippen LogP contribution in [0.4, 0.5) is 5.69 Å². The van der Waals surface area contributed by atoms with Gasteiger partial charge in [-0.3, -0.25) is 9.69 Å². The molecule has 2 saturated heterocycles. The van der Waals surface area contributed by atoms with Gasteiger partial charge >= 0.3 is 0 Å². The number of nitrogens with zero attached hydrogens (tertiary/aromatic N) is 3. The molecule has 2 aliphatic rings. The first-order chi connectivity index (χ1) is 15.2. The summed E-state index contributed by atoms with van der Waals surface area (Å²) in [7, 11) is 1.74. The topological polar surface area (TPSA) is 36.0 Å². The molecule has 0 saturated carbocycles. The fraction of sp³-hybridized carbons (Fsp3) is 0.480. The average molecular weight is 440 g/mol. The molecule has 0 spiro atoms. The van der Waals surface area contributed by atoms with E-state index in [1.807, 2.05) is 12.1 Å². The van der Waals surface area contributed by atoms with Gasteiger partial charge in [-0.2, -0.15) is 0 Å². The molecule has 0 aromatic heterocycles. The van der Waals surface area contributed by atoms with E-state index >= 15 is 0 Å². The van der Waals surface area contributed by atoms with Crippen molar-refractivity contribution in [2.45, 2.75) is 30.2 Å². The van der Waals surface area contributed by atoms with E-state index in [0.717, 1.165) is 57.0 Å². The molecular formula is C25H33N3O2S. The second-order valence-electron chi connectivity index (χ2n) is 8.36. The second-order valence-corrected chi connectivity index (χ2v) is 9.24. The minimum atomic E-state index is 0.259. The van der Waals surface area contributed by atoms with E-state index in [1.54, 1.807) is 18.9 Å². The SMILES string of the molecule is COc1ccccc1N1CCN([C@@H]2CCCN(C(=O)Cc3ccc(SC)cc3)C2)CC1. The number of hydrogen-bond acceptors (Lipinski definition) is 5. The number of thioether (sulfide) groups is 1. The fourth-order valence-electron chi connectivity index (χ4n) is 4.73. The number of carbonyl (C=O) groups excluding carboxylic acids is 1. The maximum Gasteiger partial charge on any atom is 0.227 e. The molecule has 2 aliphatic heterocycles. The van der Waals surface area contributed by atoms with Crippen molar-refractivity contribution in [1.82, 2.24) is 9.80 Å². The Labute approximate surface area is 190 Å². The minimum Gasteiger partial charge on any atom is -0.495 e. The van der Waals surface area contributed by atoms with Crippen molar-refractivity contribution in [2.75, 3.05) is 57.5 Å². The Morgan fingerprint density at radius 3 is 2.48 bits per heavy atom. The average Bonchev–Trinajstić information content (AvgIpc) is 2.84. The summed E-state index contributed by atoms with van der Waals surface area (Å²) in [4.78, 5) is 21.3. The van der Waals surface area contributed by atoms with Crippen molar-refractivity contribution in [1.29, 1.82) is 0 Å². The number of benzene rings is 2. The number of amides is 1. The lowest BCUT2D eigenvalue weighted by molar-refractivity contribution is -0.132. The van der Waals surface area contributed by atoms with Gasteiger partial charge in [0.2, 0.25) is 5.91 Å². The Morgan fingerprint density at radius 1 is 1.03 bits per heavy atom. The van der Waals surface area contributed by atoms with E-state index in [-0.39, 0.29) is 5.91 Å². The molecule has 166 valence electrons. The van der Waals surface area contributed by atoms with E-state index in [9.17, 15) is 4.79 Å². The summed E-state index contributed by atoms with van der Waals surface area (Å²) in [6, 6.07) is 17.1. The third kappa shape index (κ3) is 5.36. The maximum absolute atomic E-state index is 12.9. The molecule has 0 bridgehead atoms. The van der Waals surface area contributed by atoms with Crippen molar-refractivity contribution in [3.05, 3.63) is 54.1 Å². The highest BCUT2D eigenvalue weighted by atomic mass is 32.2. The van der Waals surface area contributed by atoms with Gasteiger partial charge in [-0.15, -0.1) is 11.8 Å². The summed E-state index contributed by atoms with van der Waals surface area (Å²) in [5, 5.41) is 0. The van der Waals surface area contributed by atoms with Crippen LogP contribution in [0.15, 0.2) is 53.4 Å². The van der Waals surface area contributed by atoms with E-state index in [2.05, 4.69) is 57.4 Å². The largest absolute Gasteiger partial charge is 0.495 e. The van der Waals surface area contributed by atoms with Crippen LogP contribution < -0.4 is 9.64 Å². The van der Waals surface area contributed by atoms with Gasteiger partial charge < -0.3 is 14.5 Å². The number of hydrogen-bond donors (Lipinski definition) is 0. The van der Waals surface area contributed by atoms with Crippen LogP contribution in [0.3, 0.4) is 0 Å². The van der Waals surface area contributed by atoms with Crippen LogP contribution in [0, 0.1) is 0 Å². The third-order valence-corrected chi connectivity index (χ3v) is 7.26. The van der Waals surface area contributed by atoms with Crippen LogP contribution in [-0.2, 0) is 11.2 Å². The van der Waals surface area contributed by atoms with E-state index in [0.29, 0.717) is 12.5 Å². The molecule has 0 aliphatic carbocycles. The molecule has 1 atom stereocenters. The molecule has 6 heteroatoms. The van der Waals surface area contributed by atoms with Crippen LogP contribution in [0.1, 0.15) is 18.4 Å². The summed E-state index contributed by atoms with van der Waals surface area (Å²) >= 11 is 1.73. The molecule has 2 aromatic rings. The number of ether oxygens (including phenoxy) is 1. The van der Waals surface area contributed by atoms with Crippen LogP contribution in [0.25, 0.3) is 0 Å². The summed E-state index contributed by atoms with van der Waals surface area (Å²) in [5.74, 6) is 1.20. The van der Waals surface area contributed by atoms with Crippen LogP contribution in [0.2, 0.25) is 0 Å². The summed E-state index contributed by atoms with van der Waals surface area (Å²) in [6.07, 6.45) is 4.85. The lowest BCUT2D eigenvalue weighted by Gasteiger charge is -2.44. The lowest BCUT2D eigenvalue weighted by Crippen LogP contribution is -2.56. The molecule has 2 aromatic carbocycles. The number of anilines is 1. The highest BCUT2D eigenvalue weighted by Crippen LogP contribution is 2.29. The first-order valence-corrected chi connectivity index (χ1v) is 12.4. The normalized spacial score (nSPS) is 20.0. The smallest absolute Gasteiger partial charge is 0.227 e. The zero-order valence-corrected chi connectivity index (χ0v) is 19.4. The second kappa shape index (κ2) is 10.4. The summed E-state index contributed by atoms with van der Waals surface area (Å²) < 4.78 is 5.54. The predicted octanol–water partition coefficient (Wildman–Crippen LogP) is 3.77. The first-order valence-electron chi connectivity index (χ1n) is 11.2. The Morgan fingerprint density at radius 2 is 1.77 bits per heavy atom. The van der Waals surface area contributed by atoms with Gasteiger partial charge in [-0.25, -0.2) is 0 Å². The van der Waals surface area contributed by atoms with Crippen molar-refractivity contribution in [3.8, 4) is 5.75 Å². The highest BCUT2D eigenvalue weighted by molar-refractivity contribution is 7.98. The fourth-order valence-corrected chi connectivity index (χ4v) is 5.14. The predicted molar refractivity (Wildman–Crippen MR) is 128 cm³/mol. The molecule has 4 rings (SSSR count). The van der Waals surface area contributed by atoms with Crippen LogP contribution >= 0.6 is 11.8 Å². The highest BCUT2D eigenvalue weighted by Gasteiger charge is 2.30. The molecule has 0 N–H and O–H groups in total.